The number of hydrogen-bond donors (Lipinski definition) is 0. The van der Waals surface area contributed by atoms with Crippen molar-refractivity contribution in [2.24, 2.45) is 0 Å². The fraction of sp³-hybridized carbons (Fsp3) is 0.0154. The molecule has 2 heterocycles. The van der Waals surface area contributed by atoms with Crippen LogP contribution in [0.3, 0.4) is 0 Å². The first-order chi connectivity index (χ1) is 33.7. The molecule has 2 aliphatic carbocycles. The van der Waals surface area contributed by atoms with Gasteiger partial charge in [-0.15, -0.1) is 0 Å². The molecule has 0 unspecified atom stereocenters. The summed E-state index contributed by atoms with van der Waals surface area (Å²) >= 11 is 0. The van der Waals surface area contributed by atoms with Crippen LogP contribution < -0.4 is 4.90 Å². The number of para-hydroxylation sites is 2. The highest BCUT2D eigenvalue weighted by Crippen LogP contribution is 2.63. The van der Waals surface area contributed by atoms with Gasteiger partial charge < -0.3 is 13.9 Å². The third kappa shape index (κ3) is 5.07. The van der Waals surface area contributed by atoms with Gasteiger partial charge in [0.25, 0.3) is 0 Å². The van der Waals surface area contributed by atoms with Gasteiger partial charge >= 0.3 is 0 Å². The number of nitrogens with zero attached hydrogens (tertiary/aromatic N) is 2. The Balaban J connectivity index is 0.921. The summed E-state index contributed by atoms with van der Waals surface area (Å²) in [6.07, 6.45) is 0. The van der Waals surface area contributed by atoms with Crippen LogP contribution in [-0.4, -0.2) is 4.57 Å². The molecule has 68 heavy (non-hydrogen) atoms. The van der Waals surface area contributed by atoms with Crippen LogP contribution in [0.15, 0.2) is 247 Å². The monoisotopic (exact) mass is 864 g/mol. The SMILES string of the molecule is c1cc(-c2ccc3c(c2)c2ccccc2n3-c2ccc3oc4ccccc4c3c2)cc(N(c2ccc3c(c2)C2(c4ccccc4-c4ccccc42)c2ccccc2-3)c2cccc3ccccc23)c1. The quantitative estimate of drug-likeness (QED) is 0.172. The van der Waals surface area contributed by atoms with E-state index < -0.39 is 5.41 Å². The van der Waals surface area contributed by atoms with E-state index in [2.05, 4.69) is 240 Å². The molecule has 0 saturated carbocycles. The van der Waals surface area contributed by atoms with Crippen molar-refractivity contribution >= 4 is 71.6 Å². The molecule has 2 aromatic heterocycles. The molecule has 13 aromatic rings. The number of aromatic nitrogens is 1. The largest absolute Gasteiger partial charge is 0.456 e. The fourth-order valence-corrected chi connectivity index (χ4v) is 12.2. The second kappa shape index (κ2) is 14.0. The van der Waals surface area contributed by atoms with Crippen LogP contribution in [0.2, 0.25) is 0 Å². The van der Waals surface area contributed by atoms with E-state index in [0.717, 1.165) is 50.3 Å². The Labute approximate surface area is 393 Å². The third-order valence-corrected chi connectivity index (χ3v) is 15.0. The predicted molar refractivity (Wildman–Crippen MR) is 282 cm³/mol. The summed E-state index contributed by atoms with van der Waals surface area (Å²) < 4.78 is 8.63. The van der Waals surface area contributed by atoms with Gasteiger partial charge in [0.1, 0.15) is 11.2 Å². The molecule has 0 bridgehead atoms. The van der Waals surface area contributed by atoms with Gasteiger partial charge in [0.05, 0.1) is 22.1 Å². The first-order valence-corrected chi connectivity index (χ1v) is 23.5. The molecule has 11 aromatic carbocycles. The molecule has 0 atom stereocenters. The second-order valence-electron chi connectivity index (χ2n) is 18.4. The number of anilines is 3. The van der Waals surface area contributed by atoms with Gasteiger partial charge in [0, 0.05) is 44.0 Å². The molecule has 15 rings (SSSR count). The average molecular weight is 865 g/mol. The molecule has 2 aliphatic rings. The van der Waals surface area contributed by atoms with Crippen molar-refractivity contribution in [2.75, 3.05) is 4.90 Å². The summed E-state index contributed by atoms with van der Waals surface area (Å²) in [6.45, 7) is 0. The zero-order valence-electron chi connectivity index (χ0n) is 36.9. The summed E-state index contributed by atoms with van der Waals surface area (Å²) in [5.41, 5.74) is 21.0. The predicted octanol–water partition coefficient (Wildman–Crippen LogP) is 17.3. The molecule has 0 fully saturated rings. The van der Waals surface area contributed by atoms with Gasteiger partial charge in [-0.1, -0.05) is 170 Å². The fourth-order valence-electron chi connectivity index (χ4n) is 12.2. The van der Waals surface area contributed by atoms with Crippen molar-refractivity contribution in [2.45, 2.75) is 5.41 Å². The van der Waals surface area contributed by atoms with E-state index >= 15 is 0 Å². The van der Waals surface area contributed by atoms with Gasteiger partial charge in [0.15, 0.2) is 0 Å². The molecule has 3 heteroatoms. The lowest BCUT2D eigenvalue weighted by Crippen LogP contribution is -2.26. The maximum atomic E-state index is 6.24. The smallest absolute Gasteiger partial charge is 0.135 e. The molecule has 3 nitrogen and oxygen atoms in total. The van der Waals surface area contributed by atoms with Crippen LogP contribution in [0.4, 0.5) is 17.1 Å². The first-order valence-electron chi connectivity index (χ1n) is 23.5. The van der Waals surface area contributed by atoms with Crippen LogP contribution in [-0.2, 0) is 5.41 Å². The van der Waals surface area contributed by atoms with Gasteiger partial charge in [-0.05, 0) is 134 Å². The van der Waals surface area contributed by atoms with Crippen molar-refractivity contribution in [3.8, 4) is 39.1 Å². The van der Waals surface area contributed by atoms with E-state index in [9.17, 15) is 0 Å². The number of benzene rings is 11. The second-order valence-corrected chi connectivity index (χ2v) is 18.4. The molecular formula is C65H40N2O. The van der Waals surface area contributed by atoms with E-state index in [1.165, 1.54) is 82.6 Å². The number of rotatable bonds is 5. The van der Waals surface area contributed by atoms with Crippen LogP contribution in [0, 0.1) is 0 Å². The van der Waals surface area contributed by atoms with E-state index in [-0.39, 0.29) is 0 Å². The maximum absolute atomic E-state index is 6.24. The Morgan fingerprint density at radius 2 is 0.926 bits per heavy atom. The first kappa shape index (κ1) is 37.3. The molecular weight excluding hydrogens is 825 g/mol. The molecule has 1 spiro atoms. The Kier molecular flexibility index (Phi) is 7.71. The van der Waals surface area contributed by atoms with Gasteiger partial charge in [-0.2, -0.15) is 0 Å². The van der Waals surface area contributed by atoms with Crippen molar-refractivity contribution < 1.29 is 4.42 Å². The van der Waals surface area contributed by atoms with E-state index in [0.29, 0.717) is 0 Å². The van der Waals surface area contributed by atoms with Crippen molar-refractivity contribution in [3.63, 3.8) is 0 Å². The highest BCUT2D eigenvalue weighted by atomic mass is 16.3. The number of fused-ring (bicyclic) bond motifs is 17. The van der Waals surface area contributed by atoms with Crippen molar-refractivity contribution in [1.29, 1.82) is 0 Å². The van der Waals surface area contributed by atoms with Gasteiger partial charge in [0.2, 0.25) is 0 Å². The lowest BCUT2D eigenvalue weighted by atomic mass is 9.70. The summed E-state index contributed by atoms with van der Waals surface area (Å²) in [5, 5.41) is 7.09. The number of furan rings is 1. The summed E-state index contributed by atoms with van der Waals surface area (Å²) in [7, 11) is 0. The minimum atomic E-state index is -0.450. The third-order valence-electron chi connectivity index (χ3n) is 15.0. The van der Waals surface area contributed by atoms with Crippen molar-refractivity contribution in [1.82, 2.24) is 4.57 Å². The molecule has 0 radical (unpaired) electrons. The van der Waals surface area contributed by atoms with Gasteiger partial charge in [-0.25, -0.2) is 0 Å². The highest BCUT2D eigenvalue weighted by Gasteiger charge is 2.51. The molecule has 0 N–H and O–H groups in total. The summed E-state index contributed by atoms with van der Waals surface area (Å²) in [4.78, 5) is 2.48. The van der Waals surface area contributed by atoms with Crippen LogP contribution in [0.5, 0.6) is 0 Å². The standard InChI is InChI=1S/C65H40N2O/c1-2-19-47-41(15-1)16-14-29-60(47)66(46-32-34-51-50-22-5-10-27-58(50)65(59(51)40-46)56-25-8-3-20-48(56)49-21-4-9-26-57(49)65)44-18-13-17-42(37-44)43-31-35-62-54(38-43)52-23-6-11-28-61(52)67(62)45-33-36-64-55(39-45)53-24-7-12-30-63(53)68-64/h1-40H. The van der Waals surface area contributed by atoms with E-state index in [4.69, 9.17) is 4.42 Å². The summed E-state index contributed by atoms with van der Waals surface area (Å²) in [5.74, 6) is 0. The van der Waals surface area contributed by atoms with Gasteiger partial charge in [-0.3, -0.25) is 0 Å². The zero-order chi connectivity index (χ0) is 44.5. The Morgan fingerprint density at radius 1 is 0.338 bits per heavy atom. The van der Waals surface area contributed by atoms with Crippen LogP contribution in [0.25, 0.3) is 93.6 Å². The minimum Gasteiger partial charge on any atom is -0.456 e. The molecule has 0 saturated heterocycles. The number of hydrogen-bond acceptors (Lipinski definition) is 2. The molecule has 0 amide bonds. The average Bonchev–Trinajstić information content (AvgIpc) is 4.12. The van der Waals surface area contributed by atoms with Crippen LogP contribution in [0.1, 0.15) is 22.3 Å². The molecule has 316 valence electrons. The van der Waals surface area contributed by atoms with Crippen molar-refractivity contribution in [3.05, 3.63) is 265 Å². The maximum Gasteiger partial charge on any atom is 0.135 e. The Hall–Kier alpha value is -8.92. The topological polar surface area (TPSA) is 21.3 Å². The lowest BCUT2D eigenvalue weighted by Gasteiger charge is -2.32. The summed E-state index contributed by atoms with van der Waals surface area (Å²) in [6, 6.07) is 89.5. The zero-order valence-corrected chi connectivity index (χ0v) is 36.9. The van der Waals surface area contributed by atoms with Crippen LogP contribution >= 0.6 is 0 Å². The van der Waals surface area contributed by atoms with E-state index in [1.54, 1.807) is 0 Å². The normalized spacial score (nSPS) is 13.1. The van der Waals surface area contributed by atoms with E-state index in [1.807, 2.05) is 12.1 Å². The highest BCUT2D eigenvalue weighted by molar-refractivity contribution is 6.12. The lowest BCUT2D eigenvalue weighted by molar-refractivity contribution is 0.669. The Morgan fingerprint density at radius 3 is 1.72 bits per heavy atom. The Bertz CT molecular complexity index is 4170. The minimum absolute atomic E-state index is 0.450. The molecule has 0 aliphatic heterocycles.